The lowest BCUT2D eigenvalue weighted by atomic mass is 10.1. The van der Waals surface area contributed by atoms with Crippen molar-refractivity contribution in [2.24, 2.45) is 5.73 Å². The van der Waals surface area contributed by atoms with E-state index >= 15 is 0 Å². The molecule has 1 aliphatic rings. The minimum Gasteiger partial charge on any atom is -0.496 e. The summed E-state index contributed by atoms with van der Waals surface area (Å²) < 4.78 is 5.45. The Morgan fingerprint density at radius 1 is 1.29 bits per heavy atom. The number of hydrogen-bond acceptors (Lipinski definition) is 4. The van der Waals surface area contributed by atoms with E-state index in [-0.39, 0.29) is 6.03 Å². The molecule has 146 valence electrons. The largest absolute Gasteiger partial charge is 0.496 e. The number of urea groups is 1. The Kier molecular flexibility index (Phi) is 6.21. The smallest absolute Gasteiger partial charge is 0.324 e. The van der Waals surface area contributed by atoms with Crippen molar-refractivity contribution in [2.45, 2.75) is 6.42 Å². The van der Waals surface area contributed by atoms with Crippen LogP contribution in [-0.4, -0.2) is 43.9 Å². The van der Waals surface area contributed by atoms with Crippen LogP contribution in [0, 0.1) is 5.41 Å². The van der Waals surface area contributed by atoms with Crippen LogP contribution < -0.4 is 15.4 Å². The average molecular weight is 399 g/mol. The maximum Gasteiger partial charge on any atom is 0.324 e. The molecule has 0 bridgehead atoms. The van der Waals surface area contributed by atoms with Crippen molar-refractivity contribution >= 4 is 35.1 Å². The van der Waals surface area contributed by atoms with E-state index in [1.54, 1.807) is 18.1 Å². The van der Waals surface area contributed by atoms with Crippen molar-refractivity contribution in [2.75, 3.05) is 31.6 Å². The van der Waals surface area contributed by atoms with Crippen LogP contribution in [0.1, 0.15) is 11.1 Å². The third-order valence-corrected chi connectivity index (χ3v) is 5.03. The van der Waals surface area contributed by atoms with Crippen LogP contribution >= 0.6 is 11.6 Å². The summed E-state index contributed by atoms with van der Waals surface area (Å²) in [5.74, 6) is 0.572. The van der Waals surface area contributed by atoms with Gasteiger partial charge in [-0.2, -0.15) is 0 Å². The van der Waals surface area contributed by atoms with Crippen LogP contribution in [0.3, 0.4) is 0 Å². The predicted molar refractivity (Wildman–Crippen MR) is 113 cm³/mol. The van der Waals surface area contributed by atoms with Crippen molar-refractivity contribution in [1.29, 1.82) is 5.41 Å². The van der Waals surface area contributed by atoms with Gasteiger partial charge in [0.15, 0.2) is 0 Å². The molecule has 0 spiro atoms. The van der Waals surface area contributed by atoms with E-state index in [1.165, 1.54) is 12.4 Å². The first-order valence-electron chi connectivity index (χ1n) is 8.99. The van der Waals surface area contributed by atoms with E-state index in [4.69, 9.17) is 27.5 Å². The maximum absolute atomic E-state index is 12.8. The first kappa shape index (κ1) is 19.8. The molecule has 1 fully saturated rings. The number of nitrogens with two attached hydrogens (primary N) is 1. The van der Waals surface area contributed by atoms with Crippen LogP contribution in [0.15, 0.2) is 48.7 Å². The lowest BCUT2D eigenvalue weighted by molar-refractivity contribution is 0.221. The highest BCUT2D eigenvalue weighted by molar-refractivity contribution is 6.30. The van der Waals surface area contributed by atoms with E-state index in [0.717, 1.165) is 17.7 Å². The molecule has 3 rings (SSSR count). The van der Waals surface area contributed by atoms with E-state index in [2.05, 4.69) is 0 Å². The normalized spacial score (nSPS) is 14.5. The highest BCUT2D eigenvalue weighted by atomic mass is 35.5. The molecule has 3 N–H and O–H groups in total. The van der Waals surface area contributed by atoms with Gasteiger partial charge >= 0.3 is 6.03 Å². The van der Waals surface area contributed by atoms with Gasteiger partial charge in [0.1, 0.15) is 5.75 Å². The molecule has 1 heterocycles. The highest BCUT2D eigenvalue weighted by Crippen LogP contribution is 2.31. The van der Waals surface area contributed by atoms with Crippen molar-refractivity contribution in [3.05, 3.63) is 64.8 Å². The second-order valence-corrected chi connectivity index (χ2v) is 6.89. The Hall–Kier alpha value is -2.99. The van der Waals surface area contributed by atoms with Gasteiger partial charge in [0.25, 0.3) is 0 Å². The molecule has 0 aromatic heterocycles. The zero-order valence-electron chi connectivity index (χ0n) is 15.7. The van der Waals surface area contributed by atoms with Gasteiger partial charge < -0.3 is 20.8 Å². The van der Waals surface area contributed by atoms with Crippen LogP contribution in [-0.2, 0) is 6.42 Å². The van der Waals surface area contributed by atoms with Crippen molar-refractivity contribution in [3.8, 4) is 5.75 Å². The topological polar surface area (TPSA) is 82.7 Å². The SMILES string of the molecule is COc1cc(N2CCN(CCc3cccc(Cl)c3)C2=O)ccc1/C(C=N)=C/N. The molecule has 0 radical (unpaired) electrons. The summed E-state index contributed by atoms with van der Waals surface area (Å²) >= 11 is 6.03. The van der Waals surface area contributed by atoms with Crippen LogP contribution in [0.4, 0.5) is 10.5 Å². The monoisotopic (exact) mass is 398 g/mol. The minimum atomic E-state index is -0.0292. The number of carbonyl (C=O) groups is 1. The van der Waals surface area contributed by atoms with Crippen molar-refractivity contribution in [1.82, 2.24) is 4.90 Å². The number of nitrogens with zero attached hydrogens (tertiary/aromatic N) is 2. The number of methoxy groups -OCH3 is 1. The number of ether oxygens (including phenoxy) is 1. The summed E-state index contributed by atoms with van der Waals surface area (Å²) in [5, 5.41) is 8.17. The van der Waals surface area contributed by atoms with Crippen LogP contribution in [0.2, 0.25) is 5.02 Å². The molecule has 1 saturated heterocycles. The Morgan fingerprint density at radius 3 is 2.79 bits per heavy atom. The lowest BCUT2D eigenvalue weighted by Crippen LogP contribution is -2.33. The summed E-state index contributed by atoms with van der Waals surface area (Å²) in [6, 6.07) is 13.1. The van der Waals surface area contributed by atoms with Gasteiger partial charge in [0.05, 0.1) is 7.11 Å². The number of halogens is 1. The van der Waals surface area contributed by atoms with E-state index in [9.17, 15) is 4.79 Å². The summed E-state index contributed by atoms with van der Waals surface area (Å²) in [6.07, 6.45) is 3.30. The molecule has 6 nitrogen and oxygen atoms in total. The zero-order valence-corrected chi connectivity index (χ0v) is 16.4. The number of amides is 2. The zero-order chi connectivity index (χ0) is 20.1. The van der Waals surface area contributed by atoms with Gasteiger partial charge in [-0.15, -0.1) is 0 Å². The molecule has 2 aromatic rings. The number of anilines is 1. The summed E-state index contributed by atoms with van der Waals surface area (Å²) in [4.78, 5) is 16.4. The maximum atomic E-state index is 12.8. The van der Waals surface area contributed by atoms with E-state index in [1.807, 2.05) is 41.3 Å². The molecule has 28 heavy (non-hydrogen) atoms. The second-order valence-electron chi connectivity index (χ2n) is 6.45. The number of carbonyl (C=O) groups excluding carboxylic acids is 1. The molecule has 0 unspecified atom stereocenters. The fourth-order valence-electron chi connectivity index (χ4n) is 3.29. The first-order chi connectivity index (χ1) is 13.6. The van der Waals surface area contributed by atoms with Gasteiger partial charge in [-0.25, -0.2) is 4.79 Å². The van der Waals surface area contributed by atoms with Crippen LogP contribution in [0.5, 0.6) is 5.75 Å². The predicted octanol–water partition coefficient (Wildman–Crippen LogP) is 3.78. The standard InChI is InChI=1S/C21H23ClN4O2/c1-28-20-12-18(5-6-19(20)16(13-23)14-24)26-10-9-25(21(26)27)8-7-15-3-2-4-17(22)11-15/h2-6,11-14,23H,7-10,24H2,1H3/b16-14+,23-13?. The Morgan fingerprint density at radius 2 is 2.11 bits per heavy atom. The van der Waals surface area contributed by atoms with Gasteiger partial charge in [0, 0.05) is 60.0 Å². The highest BCUT2D eigenvalue weighted by Gasteiger charge is 2.29. The molecule has 1 aliphatic heterocycles. The second kappa shape index (κ2) is 8.80. The average Bonchev–Trinajstić information content (AvgIpc) is 3.08. The van der Waals surface area contributed by atoms with Crippen molar-refractivity contribution < 1.29 is 9.53 Å². The first-order valence-corrected chi connectivity index (χ1v) is 9.37. The fraction of sp³-hybridized carbons (Fsp3) is 0.238. The minimum absolute atomic E-state index is 0.0292. The van der Waals surface area contributed by atoms with E-state index < -0.39 is 0 Å². The van der Waals surface area contributed by atoms with Gasteiger partial charge in [-0.3, -0.25) is 4.90 Å². The van der Waals surface area contributed by atoms with Gasteiger partial charge in [-0.1, -0.05) is 23.7 Å². The summed E-state index contributed by atoms with van der Waals surface area (Å²) in [6.45, 7) is 1.91. The molecule has 0 atom stereocenters. The molecular weight excluding hydrogens is 376 g/mol. The molecule has 2 aromatic carbocycles. The lowest BCUT2D eigenvalue weighted by Gasteiger charge is -2.20. The number of rotatable bonds is 7. The quantitative estimate of drug-likeness (QED) is 0.696. The third-order valence-electron chi connectivity index (χ3n) is 4.80. The Labute approximate surface area is 169 Å². The summed E-state index contributed by atoms with van der Waals surface area (Å²) in [5.41, 5.74) is 8.72. The third kappa shape index (κ3) is 4.12. The fourth-order valence-corrected chi connectivity index (χ4v) is 3.50. The van der Waals surface area contributed by atoms with E-state index in [0.29, 0.717) is 41.5 Å². The number of hydrogen-bond donors (Lipinski definition) is 2. The number of nitrogens with one attached hydrogen (secondary N) is 1. The van der Waals surface area contributed by atoms with Crippen molar-refractivity contribution in [3.63, 3.8) is 0 Å². The number of benzene rings is 2. The number of allylic oxidation sites excluding steroid dienone is 1. The molecule has 0 saturated carbocycles. The molecule has 7 heteroatoms. The molecule has 0 aliphatic carbocycles. The Balaban J connectivity index is 1.73. The summed E-state index contributed by atoms with van der Waals surface area (Å²) in [7, 11) is 1.56. The van der Waals surface area contributed by atoms with Gasteiger partial charge in [0.2, 0.25) is 0 Å². The molecular formula is C21H23ClN4O2. The van der Waals surface area contributed by atoms with Crippen LogP contribution in [0.25, 0.3) is 5.57 Å². The Bertz CT molecular complexity index is 913. The van der Waals surface area contributed by atoms with Gasteiger partial charge in [-0.05, 0) is 36.2 Å². The molecule has 2 amide bonds.